The number of carbonyl (C=O) groups is 1. The summed E-state index contributed by atoms with van der Waals surface area (Å²) in [6.45, 7) is 3.12. The van der Waals surface area contributed by atoms with E-state index >= 15 is 0 Å². The number of likely N-dealkylation sites (tertiary alicyclic amines) is 1. The van der Waals surface area contributed by atoms with Gasteiger partial charge in [-0.05, 0) is 38.1 Å². The summed E-state index contributed by atoms with van der Waals surface area (Å²) in [5, 5.41) is 1.00. The molecule has 3 heteroatoms. The third-order valence-electron chi connectivity index (χ3n) is 3.55. The lowest BCUT2D eigenvalue weighted by Gasteiger charge is -2.12. The van der Waals surface area contributed by atoms with Crippen LogP contribution in [0.2, 0.25) is 0 Å². The van der Waals surface area contributed by atoms with E-state index < -0.39 is 0 Å². The summed E-state index contributed by atoms with van der Waals surface area (Å²) in [7, 11) is 0. The number of rotatable bonds is 4. The molecule has 0 amide bonds. The number of fused-ring (bicyclic) bond motifs is 1. The molecule has 18 heavy (non-hydrogen) atoms. The van der Waals surface area contributed by atoms with Crippen LogP contribution in [-0.4, -0.2) is 30.3 Å². The van der Waals surface area contributed by atoms with Crippen LogP contribution < -0.4 is 0 Å². The second-order valence-corrected chi connectivity index (χ2v) is 4.87. The van der Waals surface area contributed by atoms with Crippen LogP contribution in [0.4, 0.5) is 0 Å². The molecule has 0 unspecified atom stereocenters. The Hall–Kier alpha value is -1.61. The molecule has 0 atom stereocenters. The molecule has 2 aromatic rings. The van der Waals surface area contributed by atoms with Crippen LogP contribution in [0.3, 0.4) is 0 Å². The molecule has 1 aromatic carbocycles. The van der Waals surface area contributed by atoms with Gasteiger partial charge in [0.15, 0.2) is 11.5 Å². The highest BCUT2D eigenvalue weighted by Crippen LogP contribution is 2.20. The third-order valence-corrected chi connectivity index (χ3v) is 3.55. The molecule has 0 bridgehead atoms. The fourth-order valence-corrected chi connectivity index (χ4v) is 2.51. The van der Waals surface area contributed by atoms with Crippen molar-refractivity contribution in [2.45, 2.75) is 19.3 Å². The van der Waals surface area contributed by atoms with Crippen molar-refractivity contribution in [3.63, 3.8) is 0 Å². The Labute approximate surface area is 106 Å². The Balaban J connectivity index is 1.67. The van der Waals surface area contributed by atoms with E-state index in [-0.39, 0.29) is 5.78 Å². The van der Waals surface area contributed by atoms with Gasteiger partial charge in [0.25, 0.3) is 0 Å². The van der Waals surface area contributed by atoms with Gasteiger partial charge in [-0.2, -0.15) is 0 Å². The van der Waals surface area contributed by atoms with E-state index in [1.54, 1.807) is 0 Å². The maximum atomic E-state index is 12.1. The van der Waals surface area contributed by atoms with E-state index in [0.717, 1.165) is 30.6 Å². The zero-order valence-electron chi connectivity index (χ0n) is 10.4. The highest BCUT2D eigenvalue weighted by molar-refractivity contribution is 5.97. The number of ketones is 1. The fraction of sp³-hybridized carbons (Fsp3) is 0.400. The van der Waals surface area contributed by atoms with Crippen LogP contribution >= 0.6 is 0 Å². The minimum atomic E-state index is 0.109. The van der Waals surface area contributed by atoms with Crippen molar-refractivity contribution in [3.8, 4) is 0 Å². The van der Waals surface area contributed by atoms with E-state index in [1.165, 1.54) is 12.8 Å². The minimum absolute atomic E-state index is 0.109. The molecule has 1 aromatic heterocycles. The number of para-hydroxylation sites is 1. The van der Waals surface area contributed by atoms with Gasteiger partial charge < -0.3 is 9.32 Å². The zero-order valence-corrected chi connectivity index (χ0v) is 10.4. The van der Waals surface area contributed by atoms with Crippen molar-refractivity contribution in [1.82, 2.24) is 4.90 Å². The molecule has 3 nitrogen and oxygen atoms in total. The van der Waals surface area contributed by atoms with Crippen LogP contribution in [-0.2, 0) is 0 Å². The van der Waals surface area contributed by atoms with Crippen molar-refractivity contribution in [2.75, 3.05) is 19.6 Å². The van der Waals surface area contributed by atoms with Gasteiger partial charge in [-0.25, -0.2) is 0 Å². The van der Waals surface area contributed by atoms with Gasteiger partial charge in [0, 0.05) is 18.4 Å². The molecule has 1 saturated heterocycles. The number of furan rings is 1. The Morgan fingerprint density at radius 1 is 1.22 bits per heavy atom. The maximum Gasteiger partial charge on any atom is 0.199 e. The normalized spacial score (nSPS) is 16.4. The van der Waals surface area contributed by atoms with E-state index in [9.17, 15) is 4.79 Å². The molecule has 3 rings (SSSR count). The fourth-order valence-electron chi connectivity index (χ4n) is 2.51. The SMILES string of the molecule is O=C(CCN1CCCC1)c1cc2ccccc2o1. The minimum Gasteiger partial charge on any atom is -0.453 e. The average Bonchev–Trinajstić information content (AvgIpc) is 3.04. The van der Waals surface area contributed by atoms with Gasteiger partial charge in [-0.3, -0.25) is 4.79 Å². The predicted molar refractivity (Wildman–Crippen MR) is 70.8 cm³/mol. The molecule has 0 aliphatic carbocycles. The Morgan fingerprint density at radius 2 is 2.00 bits per heavy atom. The average molecular weight is 243 g/mol. The lowest BCUT2D eigenvalue weighted by molar-refractivity contribution is 0.0944. The van der Waals surface area contributed by atoms with Crippen LogP contribution in [0, 0.1) is 0 Å². The van der Waals surface area contributed by atoms with Gasteiger partial charge in [0.05, 0.1) is 0 Å². The maximum absolute atomic E-state index is 12.1. The van der Waals surface area contributed by atoms with Crippen molar-refractivity contribution >= 4 is 16.8 Å². The van der Waals surface area contributed by atoms with Crippen LogP contribution in [0.5, 0.6) is 0 Å². The summed E-state index contributed by atoms with van der Waals surface area (Å²) < 4.78 is 5.58. The zero-order chi connectivity index (χ0) is 12.4. The number of Topliss-reactive ketones (excluding diaryl/α,β-unsaturated/α-hetero) is 1. The van der Waals surface area contributed by atoms with Crippen LogP contribution in [0.15, 0.2) is 34.7 Å². The van der Waals surface area contributed by atoms with Gasteiger partial charge in [-0.1, -0.05) is 18.2 Å². The molecule has 0 N–H and O–H groups in total. The summed E-state index contributed by atoms with van der Waals surface area (Å²) in [4.78, 5) is 14.4. The van der Waals surface area contributed by atoms with Crippen molar-refractivity contribution < 1.29 is 9.21 Å². The molecule has 94 valence electrons. The number of hydrogen-bond donors (Lipinski definition) is 0. The number of nitrogens with zero attached hydrogens (tertiary/aromatic N) is 1. The smallest absolute Gasteiger partial charge is 0.199 e. The quantitative estimate of drug-likeness (QED) is 0.774. The largest absolute Gasteiger partial charge is 0.453 e. The summed E-state index contributed by atoms with van der Waals surface area (Å²) in [5.41, 5.74) is 0.794. The van der Waals surface area contributed by atoms with E-state index in [0.29, 0.717) is 12.2 Å². The molecule has 1 aliphatic heterocycles. The number of hydrogen-bond acceptors (Lipinski definition) is 3. The first kappa shape index (κ1) is 11.5. The Kier molecular flexibility index (Phi) is 3.15. The van der Waals surface area contributed by atoms with Crippen molar-refractivity contribution in [2.24, 2.45) is 0 Å². The molecular formula is C15H17NO2. The molecule has 1 aliphatic rings. The van der Waals surface area contributed by atoms with E-state index in [4.69, 9.17) is 4.42 Å². The molecule has 0 radical (unpaired) electrons. The third kappa shape index (κ3) is 2.31. The highest BCUT2D eigenvalue weighted by atomic mass is 16.3. The molecular weight excluding hydrogens is 226 g/mol. The summed E-state index contributed by atoms with van der Waals surface area (Å²) in [6, 6.07) is 9.59. The lowest BCUT2D eigenvalue weighted by Crippen LogP contribution is -2.22. The van der Waals surface area contributed by atoms with E-state index in [2.05, 4.69) is 4.90 Å². The second kappa shape index (κ2) is 4.94. The first-order valence-electron chi connectivity index (χ1n) is 6.57. The van der Waals surface area contributed by atoms with Gasteiger partial charge >= 0.3 is 0 Å². The second-order valence-electron chi connectivity index (χ2n) is 4.87. The topological polar surface area (TPSA) is 33.5 Å². The van der Waals surface area contributed by atoms with Crippen LogP contribution in [0.25, 0.3) is 11.0 Å². The number of carbonyl (C=O) groups excluding carboxylic acids is 1. The molecule has 0 saturated carbocycles. The summed E-state index contributed by atoms with van der Waals surface area (Å²) >= 11 is 0. The lowest BCUT2D eigenvalue weighted by atomic mass is 10.2. The van der Waals surface area contributed by atoms with Gasteiger partial charge in [0.2, 0.25) is 0 Å². The first-order valence-corrected chi connectivity index (χ1v) is 6.57. The first-order chi connectivity index (χ1) is 8.83. The van der Waals surface area contributed by atoms with Crippen molar-refractivity contribution in [3.05, 3.63) is 36.1 Å². The van der Waals surface area contributed by atoms with Crippen molar-refractivity contribution in [1.29, 1.82) is 0 Å². The molecule has 2 heterocycles. The van der Waals surface area contributed by atoms with E-state index in [1.807, 2.05) is 30.3 Å². The highest BCUT2D eigenvalue weighted by Gasteiger charge is 2.16. The molecule has 1 fully saturated rings. The Morgan fingerprint density at radius 3 is 2.78 bits per heavy atom. The monoisotopic (exact) mass is 243 g/mol. The van der Waals surface area contributed by atoms with Crippen LogP contribution in [0.1, 0.15) is 29.8 Å². The Bertz CT molecular complexity index is 519. The summed E-state index contributed by atoms with van der Waals surface area (Å²) in [5.74, 6) is 0.605. The summed E-state index contributed by atoms with van der Waals surface area (Å²) in [6.07, 6.45) is 3.08. The van der Waals surface area contributed by atoms with Gasteiger partial charge in [0.1, 0.15) is 5.58 Å². The molecule has 0 spiro atoms. The predicted octanol–water partition coefficient (Wildman–Crippen LogP) is 3.10. The number of benzene rings is 1. The standard InChI is InChI=1S/C15H17NO2/c17-13(7-10-16-8-3-4-9-16)15-11-12-5-1-2-6-14(12)18-15/h1-2,5-6,11H,3-4,7-10H2. The van der Waals surface area contributed by atoms with Gasteiger partial charge in [-0.15, -0.1) is 0 Å².